The molecule has 6 N–H and O–H groups in total. The van der Waals surface area contributed by atoms with E-state index >= 15 is 0 Å². The molecule has 1 aliphatic rings. The first-order valence-corrected chi connectivity index (χ1v) is 5.71. The number of hydrogen-bond acceptors (Lipinski definition) is 4. The maximum Gasteiger partial charge on any atom is 0.192 e. The Labute approximate surface area is 101 Å². The van der Waals surface area contributed by atoms with Crippen molar-refractivity contribution in [2.75, 3.05) is 18.0 Å². The summed E-state index contributed by atoms with van der Waals surface area (Å²) in [4.78, 5) is 10.3. The summed E-state index contributed by atoms with van der Waals surface area (Å²) in [5, 5.41) is 0. The lowest BCUT2D eigenvalue weighted by Crippen LogP contribution is -2.39. The molecule has 2 rings (SSSR count). The topological polar surface area (TPSA) is 107 Å². The Balaban J connectivity index is 2.05. The molecule has 0 radical (unpaired) electrons. The first-order valence-electron chi connectivity index (χ1n) is 5.71. The second kappa shape index (κ2) is 5.01. The van der Waals surface area contributed by atoms with Gasteiger partial charge in [0, 0.05) is 19.1 Å². The molecule has 1 aromatic rings. The number of hydrogen-bond donors (Lipinski definition) is 3. The van der Waals surface area contributed by atoms with Crippen molar-refractivity contribution in [2.45, 2.75) is 18.9 Å². The Morgan fingerprint density at radius 1 is 1.29 bits per heavy atom. The molecular weight excluding hydrogens is 216 g/mol. The highest BCUT2D eigenvalue weighted by Gasteiger charge is 2.16. The van der Waals surface area contributed by atoms with E-state index in [1.807, 2.05) is 12.1 Å². The fourth-order valence-electron chi connectivity index (χ4n) is 1.92. The lowest BCUT2D eigenvalue weighted by molar-refractivity contribution is 0.501. The number of nitrogens with zero attached hydrogens (tertiary/aromatic N) is 3. The van der Waals surface area contributed by atoms with Crippen molar-refractivity contribution >= 4 is 17.5 Å². The number of guanidine groups is 1. The predicted molar refractivity (Wildman–Crippen MR) is 69.1 cm³/mol. The third-order valence-corrected chi connectivity index (χ3v) is 2.88. The van der Waals surface area contributed by atoms with Crippen molar-refractivity contribution in [1.82, 2.24) is 4.98 Å². The summed E-state index contributed by atoms with van der Waals surface area (Å²) < 4.78 is 0. The highest BCUT2D eigenvalue weighted by Crippen LogP contribution is 2.20. The van der Waals surface area contributed by atoms with Crippen LogP contribution in [0.3, 0.4) is 0 Å². The lowest BCUT2D eigenvalue weighted by Gasteiger charge is -2.31. The summed E-state index contributed by atoms with van der Waals surface area (Å²) in [5.74, 6) is 0.552. The van der Waals surface area contributed by atoms with Crippen LogP contribution in [0.1, 0.15) is 12.8 Å². The van der Waals surface area contributed by atoms with Gasteiger partial charge in [-0.25, -0.2) is 4.98 Å². The molecule has 0 aromatic carbocycles. The molecule has 0 bridgehead atoms. The van der Waals surface area contributed by atoms with Gasteiger partial charge in [-0.05, 0) is 25.0 Å². The molecule has 1 saturated heterocycles. The van der Waals surface area contributed by atoms with Crippen LogP contribution in [0, 0.1) is 0 Å². The van der Waals surface area contributed by atoms with Gasteiger partial charge in [-0.2, -0.15) is 4.99 Å². The van der Waals surface area contributed by atoms with Crippen LogP contribution in [0.25, 0.3) is 0 Å². The molecule has 0 atom stereocenters. The number of aromatic nitrogens is 1. The molecular formula is C11H18N6. The number of piperidine rings is 1. The maximum atomic E-state index is 5.87. The third-order valence-electron chi connectivity index (χ3n) is 2.88. The molecule has 0 spiro atoms. The summed E-state index contributed by atoms with van der Waals surface area (Å²) >= 11 is 0. The quantitative estimate of drug-likeness (QED) is 0.490. The minimum Gasteiger partial charge on any atom is -0.370 e. The van der Waals surface area contributed by atoms with Gasteiger partial charge in [-0.15, -0.1) is 0 Å². The van der Waals surface area contributed by atoms with Crippen molar-refractivity contribution < 1.29 is 0 Å². The van der Waals surface area contributed by atoms with E-state index in [4.69, 9.17) is 17.2 Å². The Morgan fingerprint density at radius 3 is 2.53 bits per heavy atom. The summed E-state index contributed by atoms with van der Waals surface area (Å²) in [6.45, 7) is 1.95. The largest absolute Gasteiger partial charge is 0.370 e. The van der Waals surface area contributed by atoms with E-state index in [-0.39, 0.29) is 5.96 Å². The number of rotatable bonds is 2. The van der Waals surface area contributed by atoms with Crippen LogP contribution in [-0.4, -0.2) is 30.1 Å². The van der Waals surface area contributed by atoms with E-state index in [0.717, 1.165) is 31.6 Å². The van der Waals surface area contributed by atoms with Crippen LogP contribution in [0.4, 0.5) is 11.5 Å². The van der Waals surface area contributed by atoms with Gasteiger partial charge < -0.3 is 22.1 Å². The fourth-order valence-corrected chi connectivity index (χ4v) is 1.92. The minimum atomic E-state index is 0.0224. The average molecular weight is 234 g/mol. The molecule has 1 aromatic heterocycles. The fraction of sp³-hybridized carbons (Fsp3) is 0.455. The van der Waals surface area contributed by atoms with Gasteiger partial charge in [-0.3, -0.25) is 0 Å². The van der Waals surface area contributed by atoms with Crippen LogP contribution in [0.15, 0.2) is 23.3 Å². The molecule has 0 amide bonds. The Morgan fingerprint density at radius 2 is 2.00 bits per heavy atom. The van der Waals surface area contributed by atoms with Crippen LogP contribution < -0.4 is 22.1 Å². The second-order valence-electron chi connectivity index (χ2n) is 4.24. The van der Waals surface area contributed by atoms with E-state index in [2.05, 4.69) is 14.9 Å². The highest BCUT2D eigenvalue weighted by molar-refractivity contribution is 5.78. The molecule has 2 heterocycles. The zero-order chi connectivity index (χ0) is 12.3. The summed E-state index contributed by atoms with van der Waals surface area (Å²) in [5.41, 5.74) is 17.5. The Bertz CT molecular complexity index is 387. The van der Waals surface area contributed by atoms with Gasteiger partial charge >= 0.3 is 0 Å². The van der Waals surface area contributed by atoms with Crippen molar-refractivity contribution in [1.29, 1.82) is 0 Å². The van der Waals surface area contributed by atoms with Crippen LogP contribution in [-0.2, 0) is 0 Å². The van der Waals surface area contributed by atoms with Gasteiger partial charge in [0.25, 0.3) is 0 Å². The van der Waals surface area contributed by atoms with Crippen molar-refractivity contribution in [3.05, 3.63) is 18.3 Å². The molecule has 6 nitrogen and oxygen atoms in total. The molecule has 1 aliphatic heterocycles. The van der Waals surface area contributed by atoms with E-state index in [1.54, 1.807) is 6.20 Å². The zero-order valence-electron chi connectivity index (χ0n) is 9.71. The molecule has 0 aliphatic carbocycles. The smallest absolute Gasteiger partial charge is 0.192 e. The maximum absolute atomic E-state index is 5.87. The summed E-state index contributed by atoms with van der Waals surface area (Å²) in [7, 11) is 0. The molecule has 0 unspecified atom stereocenters. The molecule has 17 heavy (non-hydrogen) atoms. The minimum absolute atomic E-state index is 0.0224. The van der Waals surface area contributed by atoms with Crippen molar-refractivity contribution in [3.8, 4) is 0 Å². The lowest BCUT2D eigenvalue weighted by atomic mass is 10.1. The number of nitrogens with two attached hydrogens (primary N) is 3. The number of aliphatic imine (C=N–C) groups is 1. The molecule has 1 fully saturated rings. The van der Waals surface area contributed by atoms with Gasteiger partial charge in [0.15, 0.2) is 11.8 Å². The van der Waals surface area contributed by atoms with Crippen LogP contribution in [0.2, 0.25) is 0 Å². The van der Waals surface area contributed by atoms with Gasteiger partial charge in [0.05, 0.1) is 11.9 Å². The molecule has 92 valence electrons. The molecule has 0 saturated carbocycles. The zero-order valence-corrected chi connectivity index (χ0v) is 9.71. The highest BCUT2D eigenvalue weighted by atomic mass is 15.1. The molecule has 6 heteroatoms. The average Bonchev–Trinajstić information content (AvgIpc) is 2.30. The van der Waals surface area contributed by atoms with Crippen LogP contribution in [0.5, 0.6) is 0 Å². The van der Waals surface area contributed by atoms with E-state index in [1.165, 1.54) is 0 Å². The van der Waals surface area contributed by atoms with Gasteiger partial charge in [0.2, 0.25) is 0 Å². The van der Waals surface area contributed by atoms with Gasteiger partial charge in [-0.1, -0.05) is 0 Å². The van der Waals surface area contributed by atoms with E-state index in [9.17, 15) is 0 Å². The predicted octanol–water partition coefficient (Wildman–Crippen LogP) is -0.0860. The normalized spacial score (nSPS) is 16.9. The van der Waals surface area contributed by atoms with Crippen molar-refractivity contribution in [2.24, 2.45) is 22.2 Å². The van der Waals surface area contributed by atoms with E-state index < -0.39 is 0 Å². The Kier molecular flexibility index (Phi) is 3.43. The van der Waals surface area contributed by atoms with Gasteiger partial charge in [0.1, 0.15) is 0 Å². The number of pyridine rings is 1. The van der Waals surface area contributed by atoms with E-state index in [0.29, 0.717) is 11.9 Å². The summed E-state index contributed by atoms with van der Waals surface area (Å²) in [6, 6.07) is 4.12. The van der Waals surface area contributed by atoms with Crippen LogP contribution >= 0.6 is 0 Å². The monoisotopic (exact) mass is 234 g/mol. The third kappa shape index (κ3) is 3.07. The Hall–Kier alpha value is -1.82. The SMILES string of the molecule is NC(N)=Nc1ccc(N2CCC(N)CC2)cn1. The standard InChI is InChI=1S/C11H18N6/c12-8-3-5-17(6-4-8)9-1-2-10(15-7-9)16-11(13)14/h1-2,7-8H,3-6,12H2,(H4,13,14,15,16). The summed E-state index contributed by atoms with van der Waals surface area (Å²) in [6.07, 6.45) is 3.84. The number of anilines is 1. The first kappa shape index (κ1) is 11.7. The van der Waals surface area contributed by atoms with Crippen molar-refractivity contribution in [3.63, 3.8) is 0 Å². The first-order chi connectivity index (χ1) is 8.15. The second-order valence-corrected chi connectivity index (χ2v) is 4.24.